The second-order valence-electron chi connectivity index (χ2n) is 6.10. The zero-order valence-corrected chi connectivity index (χ0v) is 13.5. The summed E-state index contributed by atoms with van der Waals surface area (Å²) in [5.41, 5.74) is 1.84. The van der Waals surface area contributed by atoms with Crippen molar-refractivity contribution in [1.29, 1.82) is 0 Å². The quantitative estimate of drug-likeness (QED) is 0.946. The Morgan fingerprint density at radius 1 is 1.38 bits per heavy atom. The average Bonchev–Trinajstić information content (AvgIpc) is 2.48. The summed E-state index contributed by atoms with van der Waals surface area (Å²) in [6.07, 6.45) is 0. The van der Waals surface area contributed by atoms with E-state index in [2.05, 4.69) is 41.6 Å². The first-order valence-electron chi connectivity index (χ1n) is 7.58. The minimum atomic E-state index is 0.0491. The van der Waals surface area contributed by atoms with Gasteiger partial charge in [0.2, 0.25) is 0 Å². The SMILES string of the molecule is CC(C)C1CN(Cc2cc3ccccc3[nH]c2=O)CCS1. The van der Waals surface area contributed by atoms with Crippen molar-refractivity contribution in [3.8, 4) is 0 Å². The first-order chi connectivity index (χ1) is 10.1. The molecule has 2 heterocycles. The fourth-order valence-corrected chi connectivity index (χ4v) is 4.20. The van der Waals surface area contributed by atoms with Crippen LogP contribution < -0.4 is 5.56 Å². The van der Waals surface area contributed by atoms with Gasteiger partial charge in [-0.15, -0.1) is 0 Å². The van der Waals surface area contributed by atoms with Gasteiger partial charge in [-0.2, -0.15) is 11.8 Å². The van der Waals surface area contributed by atoms with Gasteiger partial charge in [-0.3, -0.25) is 9.69 Å². The number of pyridine rings is 1. The van der Waals surface area contributed by atoms with Gasteiger partial charge >= 0.3 is 0 Å². The molecule has 1 unspecified atom stereocenters. The molecule has 21 heavy (non-hydrogen) atoms. The molecule has 1 aliphatic rings. The monoisotopic (exact) mass is 302 g/mol. The molecular formula is C17H22N2OS. The van der Waals surface area contributed by atoms with Crippen LogP contribution in [-0.4, -0.2) is 34.0 Å². The van der Waals surface area contributed by atoms with Crippen LogP contribution in [0.4, 0.5) is 0 Å². The number of aromatic amines is 1. The van der Waals surface area contributed by atoms with E-state index >= 15 is 0 Å². The number of thioether (sulfide) groups is 1. The highest BCUT2D eigenvalue weighted by molar-refractivity contribution is 8.00. The lowest BCUT2D eigenvalue weighted by molar-refractivity contribution is 0.259. The number of aromatic nitrogens is 1. The van der Waals surface area contributed by atoms with E-state index in [1.165, 1.54) is 0 Å². The number of rotatable bonds is 3. The predicted octanol–water partition coefficient (Wildman–Crippen LogP) is 3.10. The molecule has 112 valence electrons. The first-order valence-corrected chi connectivity index (χ1v) is 8.63. The Kier molecular flexibility index (Phi) is 4.36. The summed E-state index contributed by atoms with van der Waals surface area (Å²) >= 11 is 2.06. The molecule has 1 aliphatic heterocycles. The average molecular weight is 302 g/mol. The van der Waals surface area contributed by atoms with Crippen LogP contribution in [0.15, 0.2) is 35.1 Å². The maximum Gasteiger partial charge on any atom is 0.252 e. The van der Waals surface area contributed by atoms with Crippen molar-refractivity contribution in [2.75, 3.05) is 18.8 Å². The van der Waals surface area contributed by atoms with Gasteiger partial charge in [0.25, 0.3) is 5.56 Å². The highest BCUT2D eigenvalue weighted by Crippen LogP contribution is 2.25. The van der Waals surface area contributed by atoms with Crippen molar-refractivity contribution in [2.45, 2.75) is 25.6 Å². The Bertz CT molecular complexity index is 680. The molecule has 3 nitrogen and oxygen atoms in total. The van der Waals surface area contributed by atoms with Crippen LogP contribution in [0.2, 0.25) is 0 Å². The number of benzene rings is 1. The third-order valence-corrected chi connectivity index (χ3v) is 5.69. The van der Waals surface area contributed by atoms with Gasteiger partial charge in [-0.25, -0.2) is 0 Å². The third-order valence-electron chi connectivity index (χ3n) is 4.15. The van der Waals surface area contributed by atoms with Gasteiger partial charge < -0.3 is 4.98 Å². The maximum atomic E-state index is 12.2. The molecular weight excluding hydrogens is 280 g/mol. The molecule has 2 aromatic rings. The van der Waals surface area contributed by atoms with Crippen molar-refractivity contribution in [3.05, 3.63) is 46.2 Å². The topological polar surface area (TPSA) is 36.1 Å². The van der Waals surface area contributed by atoms with Crippen molar-refractivity contribution >= 4 is 22.7 Å². The summed E-state index contributed by atoms with van der Waals surface area (Å²) in [7, 11) is 0. The van der Waals surface area contributed by atoms with Crippen molar-refractivity contribution in [2.24, 2.45) is 5.92 Å². The van der Waals surface area contributed by atoms with Crippen LogP contribution >= 0.6 is 11.8 Å². The van der Waals surface area contributed by atoms with Gasteiger partial charge in [0.1, 0.15) is 0 Å². The molecule has 1 atom stereocenters. The lowest BCUT2D eigenvalue weighted by atomic mass is 10.1. The molecule has 1 fully saturated rings. The molecule has 0 spiro atoms. The van der Waals surface area contributed by atoms with Crippen LogP contribution in [0.5, 0.6) is 0 Å². The first kappa shape index (κ1) is 14.7. The minimum absolute atomic E-state index is 0.0491. The number of H-pyrrole nitrogens is 1. The Hall–Kier alpha value is -1.26. The Labute approximate surface area is 129 Å². The molecule has 1 aromatic carbocycles. The summed E-state index contributed by atoms with van der Waals surface area (Å²) < 4.78 is 0. The Morgan fingerprint density at radius 2 is 2.19 bits per heavy atom. The summed E-state index contributed by atoms with van der Waals surface area (Å²) in [6.45, 7) is 7.46. The van der Waals surface area contributed by atoms with Gasteiger partial charge in [-0.1, -0.05) is 32.0 Å². The van der Waals surface area contributed by atoms with Crippen LogP contribution in [0.1, 0.15) is 19.4 Å². The number of nitrogens with one attached hydrogen (secondary N) is 1. The lowest BCUT2D eigenvalue weighted by Gasteiger charge is -2.34. The molecule has 1 aromatic heterocycles. The third kappa shape index (κ3) is 3.33. The Balaban J connectivity index is 1.81. The Morgan fingerprint density at radius 3 is 3.00 bits per heavy atom. The van der Waals surface area contributed by atoms with Crippen molar-refractivity contribution in [1.82, 2.24) is 9.88 Å². The highest BCUT2D eigenvalue weighted by atomic mass is 32.2. The minimum Gasteiger partial charge on any atom is -0.322 e. The van der Waals surface area contributed by atoms with E-state index in [-0.39, 0.29) is 5.56 Å². The van der Waals surface area contributed by atoms with Gasteiger partial charge in [-0.05, 0) is 23.4 Å². The molecule has 0 saturated carbocycles. The summed E-state index contributed by atoms with van der Waals surface area (Å²) in [6, 6.07) is 10.0. The van der Waals surface area contributed by atoms with E-state index in [0.29, 0.717) is 11.2 Å². The van der Waals surface area contributed by atoms with E-state index in [4.69, 9.17) is 0 Å². The zero-order valence-electron chi connectivity index (χ0n) is 12.6. The fourth-order valence-electron chi connectivity index (χ4n) is 2.83. The molecule has 0 radical (unpaired) electrons. The van der Waals surface area contributed by atoms with E-state index < -0.39 is 0 Å². The number of nitrogens with zero attached hydrogens (tertiary/aromatic N) is 1. The molecule has 0 bridgehead atoms. The molecule has 0 aliphatic carbocycles. The number of hydrogen-bond donors (Lipinski definition) is 1. The number of fused-ring (bicyclic) bond motifs is 1. The van der Waals surface area contributed by atoms with Crippen molar-refractivity contribution < 1.29 is 0 Å². The van der Waals surface area contributed by atoms with E-state index in [1.54, 1.807) is 0 Å². The lowest BCUT2D eigenvalue weighted by Crippen LogP contribution is -2.40. The van der Waals surface area contributed by atoms with Crippen molar-refractivity contribution in [3.63, 3.8) is 0 Å². The fraction of sp³-hybridized carbons (Fsp3) is 0.471. The van der Waals surface area contributed by atoms with Crippen LogP contribution in [0.3, 0.4) is 0 Å². The number of para-hydroxylation sites is 1. The zero-order chi connectivity index (χ0) is 14.8. The van der Waals surface area contributed by atoms with E-state index in [9.17, 15) is 4.79 Å². The van der Waals surface area contributed by atoms with E-state index in [1.807, 2.05) is 24.3 Å². The van der Waals surface area contributed by atoms with Crippen LogP contribution in [-0.2, 0) is 6.54 Å². The largest absolute Gasteiger partial charge is 0.322 e. The maximum absolute atomic E-state index is 12.2. The standard InChI is InChI=1S/C17H22N2OS/c1-12(2)16-11-19(7-8-21-16)10-14-9-13-5-3-4-6-15(13)18-17(14)20/h3-6,9,12,16H,7-8,10-11H2,1-2H3,(H,18,20). The smallest absolute Gasteiger partial charge is 0.252 e. The van der Waals surface area contributed by atoms with Gasteiger partial charge in [0.05, 0.1) is 0 Å². The summed E-state index contributed by atoms with van der Waals surface area (Å²) in [5, 5.41) is 1.79. The summed E-state index contributed by atoms with van der Waals surface area (Å²) in [4.78, 5) is 17.6. The number of hydrogen-bond acceptors (Lipinski definition) is 3. The second kappa shape index (κ2) is 6.24. The van der Waals surface area contributed by atoms with Gasteiger partial charge in [0, 0.05) is 41.7 Å². The predicted molar refractivity (Wildman–Crippen MR) is 90.9 cm³/mol. The molecule has 1 N–H and O–H groups in total. The molecule has 1 saturated heterocycles. The molecule has 4 heteroatoms. The second-order valence-corrected chi connectivity index (χ2v) is 7.45. The molecule has 0 amide bonds. The van der Waals surface area contributed by atoms with E-state index in [0.717, 1.165) is 41.9 Å². The van der Waals surface area contributed by atoms with Gasteiger partial charge in [0.15, 0.2) is 0 Å². The van der Waals surface area contributed by atoms with Crippen LogP contribution in [0.25, 0.3) is 10.9 Å². The summed E-state index contributed by atoms with van der Waals surface area (Å²) in [5.74, 6) is 1.85. The highest BCUT2D eigenvalue weighted by Gasteiger charge is 2.23. The van der Waals surface area contributed by atoms with Crippen LogP contribution in [0, 0.1) is 5.92 Å². The molecule has 3 rings (SSSR count). The normalized spacial score (nSPS) is 20.2.